The normalized spacial score (nSPS) is 12.4. The first-order valence-electron chi connectivity index (χ1n) is 8.07. The minimum absolute atomic E-state index is 0. The highest BCUT2D eigenvalue weighted by Crippen LogP contribution is 2.24. The van der Waals surface area contributed by atoms with Crippen molar-refractivity contribution in [2.45, 2.75) is 64.8 Å². The topological polar surface area (TPSA) is 55.1 Å². The van der Waals surface area contributed by atoms with Crippen LogP contribution in [0.5, 0.6) is 0 Å². The van der Waals surface area contributed by atoms with Gasteiger partial charge in [0.25, 0.3) is 0 Å². The molecule has 1 amide bonds. The molecule has 0 radical (unpaired) electrons. The third-order valence-electron chi connectivity index (χ3n) is 4.62. The fraction of sp³-hybridized carbons (Fsp3) is 0.611. The molecule has 0 spiro atoms. The summed E-state index contributed by atoms with van der Waals surface area (Å²) in [6.07, 6.45) is 3.23. The zero-order valence-corrected chi connectivity index (χ0v) is 15.1. The van der Waals surface area contributed by atoms with Crippen LogP contribution in [0.3, 0.4) is 0 Å². The third-order valence-corrected chi connectivity index (χ3v) is 4.62. The number of halogens is 1. The lowest BCUT2D eigenvalue weighted by atomic mass is 9.89. The van der Waals surface area contributed by atoms with E-state index in [-0.39, 0.29) is 29.8 Å². The lowest BCUT2D eigenvalue weighted by Crippen LogP contribution is -2.53. The fourth-order valence-electron chi connectivity index (χ4n) is 2.67. The first-order chi connectivity index (χ1) is 10.00. The minimum atomic E-state index is -0.247. The summed E-state index contributed by atoms with van der Waals surface area (Å²) in [6.45, 7) is 8.86. The Bertz CT molecular complexity index is 433. The molecule has 0 saturated carbocycles. The molecule has 126 valence electrons. The quantitative estimate of drug-likeness (QED) is 0.760. The highest BCUT2D eigenvalue weighted by atomic mass is 35.5. The molecular weight excluding hydrogens is 296 g/mol. The second kappa shape index (κ2) is 9.86. The van der Waals surface area contributed by atoms with Crippen LogP contribution in [-0.4, -0.2) is 18.0 Å². The van der Waals surface area contributed by atoms with Gasteiger partial charge in [-0.1, -0.05) is 50.6 Å². The van der Waals surface area contributed by atoms with Crippen LogP contribution in [-0.2, 0) is 4.79 Å². The van der Waals surface area contributed by atoms with Crippen molar-refractivity contribution in [2.24, 2.45) is 5.73 Å². The zero-order valence-electron chi connectivity index (χ0n) is 14.3. The van der Waals surface area contributed by atoms with Crippen molar-refractivity contribution in [3.8, 4) is 0 Å². The number of aryl methyl sites for hydroxylation is 1. The number of carbonyl (C=O) groups excluding carboxylic acids is 1. The van der Waals surface area contributed by atoms with Crippen molar-refractivity contribution in [2.75, 3.05) is 6.54 Å². The van der Waals surface area contributed by atoms with Gasteiger partial charge < -0.3 is 11.1 Å². The minimum Gasteiger partial charge on any atom is -0.349 e. The summed E-state index contributed by atoms with van der Waals surface area (Å²) in [5.74, 6) is 0.381. The van der Waals surface area contributed by atoms with Gasteiger partial charge in [-0.3, -0.25) is 4.79 Å². The second-order valence-corrected chi connectivity index (χ2v) is 5.96. The molecule has 0 bridgehead atoms. The van der Waals surface area contributed by atoms with Crippen molar-refractivity contribution in [1.29, 1.82) is 0 Å². The van der Waals surface area contributed by atoms with Crippen molar-refractivity contribution in [1.82, 2.24) is 5.32 Å². The molecule has 0 fully saturated rings. The average molecular weight is 327 g/mol. The Morgan fingerprint density at radius 2 is 1.73 bits per heavy atom. The van der Waals surface area contributed by atoms with E-state index in [1.165, 1.54) is 11.1 Å². The van der Waals surface area contributed by atoms with Crippen LogP contribution in [0.4, 0.5) is 0 Å². The maximum Gasteiger partial charge on any atom is 0.221 e. The Kier molecular flexibility index (Phi) is 9.38. The summed E-state index contributed by atoms with van der Waals surface area (Å²) in [5, 5.41) is 3.16. The van der Waals surface area contributed by atoms with E-state index in [1.807, 2.05) is 0 Å². The molecule has 1 atom stereocenters. The molecule has 0 aliphatic carbocycles. The number of benzene rings is 1. The molecule has 0 aromatic heterocycles. The first-order valence-corrected chi connectivity index (χ1v) is 8.07. The first kappa shape index (κ1) is 20.9. The van der Waals surface area contributed by atoms with Crippen LogP contribution in [0.2, 0.25) is 0 Å². The summed E-state index contributed by atoms with van der Waals surface area (Å²) in [4.78, 5) is 12.4. The molecule has 22 heavy (non-hydrogen) atoms. The van der Waals surface area contributed by atoms with Gasteiger partial charge in [-0.15, -0.1) is 12.4 Å². The molecular formula is C18H31ClN2O. The van der Waals surface area contributed by atoms with Gasteiger partial charge in [0.05, 0.1) is 5.54 Å². The van der Waals surface area contributed by atoms with Crippen LogP contribution in [0.15, 0.2) is 24.3 Å². The van der Waals surface area contributed by atoms with Crippen molar-refractivity contribution in [3.05, 3.63) is 35.4 Å². The molecule has 0 aliphatic heterocycles. The van der Waals surface area contributed by atoms with E-state index >= 15 is 0 Å². The summed E-state index contributed by atoms with van der Waals surface area (Å²) < 4.78 is 0. The number of nitrogens with one attached hydrogen (secondary N) is 1. The molecule has 1 aromatic rings. The Balaban J connectivity index is 0.00000441. The molecule has 1 aromatic carbocycles. The Morgan fingerprint density at radius 1 is 1.18 bits per heavy atom. The second-order valence-electron chi connectivity index (χ2n) is 5.96. The zero-order chi connectivity index (χ0) is 15.9. The SMILES string of the molecule is CCC(CC(=O)NC(CC)(CC)CN)c1ccc(C)cc1.Cl. The molecule has 0 saturated heterocycles. The molecule has 0 heterocycles. The fourth-order valence-corrected chi connectivity index (χ4v) is 2.67. The standard InChI is InChI=1S/C18H30N2O.ClH/c1-5-15(16-10-8-14(4)9-11-16)12-17(21)20-18(6-2,7-3)13-19;/h8-11,15H,5-7,12-13,19H2,1-4H3,(H,20,21);1H. The van der Waals surface area contributed by atoms with Crippen LogP contribution < -0.4 is 11.1 Å². The van der Waals surface area contributed by atoms with Gasteiger partial charge in [0.2, 0.25) is 5.91 Å². The van der Waals surface area contributed by atoms with Gasteiger partial charge in [-0.05, 0) is 37.7 Å². The number of amides is 1. The van der Waals surface area contributed by atoms with Gasteiger partial charge in [-0.2, -0.15) is 0 Å². The van der Waals surface area contributed by atoms with E-state index in [0.717, 1.165) is 19.3 Å². The largest absolute Gasteiger partial charge is 0.349 e. The molecule has 1 unspecified atom stereocenters. The van der Waals surface area contributed by atoms with E-state index in [0.29, 0.717) is 13.0 Å². The number of hydrogen-bond acceptors (Lipinski definition) is 2. The van der Waals surface area contributed by atoms with Crippen molar-refractivity contribution >= 4 is 18.3 Å². The Hall–Kier alpha value is -1.06. The molecule has 4 heteroatoms. The van der Waals surface area contributed by atoms with Crippen LogP contribution in [0.25, 0.3) is 0 Å². The van der Waals surface area contributed by atoms with Gasteiger partial charge >= 0.3 is 0 Å². The van der Waals surface area contributed by atoms with Crippen LogP contribution in [0.1, 0.15) is 63.5 Å². The molecule has 0 aliphatic rings. The number of rotatable bonds is 8. The van der Waals surface area contributed by atoms with E-state index in [4.69, 9.17) is 5.73 Å². The van der Waals surface area contributed by atoms with Gasteiger partial charge in [0.1, 0.15) is 0 Å². The maximum absolute atomic E-state index is 12.4. The van der Waals surface area contributed by atoms with Gasteiger partial charge in [0, 0.05) is 13.0 Å². The van der Waals surface area contributed by atoms with Crippen LogP contribution >= 0.6 is 12.4 Å². The smallest absolute Gasteiger partial charge is 0.221 e. The van der Waals surface area contributed by atoms with E-state index in [9.17, 15) is 4.79 Å². The predicted molar refractivity (Wildman–Crippen MR) is 96.6 cm³/mol. The van der Waals surface area contributed by atoms with Crippen molar-refractivity contribution < 1.29 is 4.79 Å². The Labute approximate surface area is 141 Å². The van der Waals surface area contributed by atoms with Gasteiger partial charge in [-0.25, -0.2) is 0 Å². The maximum atomic E-state index is 12.4. The highest BCUT2D eigenvalue weighted by Gasteiger charge is 2.27. The number of nitrogens with two attached hydrogens (primary N) is 1. The predicted octanol–water partition coefficient (Wildman–Crippen LogP) is 3.93. The molecule has 3 N–H and O–H groups in total. The molecule has 1 rings (SSSR count). The average Bonchev–Trinajstić information content (AvgIpc) is 2.51. The summed E-state index contributed by atoms with van der Waals surface area (Å²) in [7, 11) is 0. The molecule has 3 nitrogen and oxygen atoms in total. The number of carbonyl (C=O) groups is 1. The summed E-state index contributed by atoms with van der Waals surface area (Å²) in [5.41, 5.74) is 8.09. The third kappa shape index (κ3) is 5.62. The highest BCUT2D eigenvalue weighted by molar-refractivity contribution is 5.85. The van der Waals surface area contributed by atoms with Crippen LogP contribution in [0, 0.1) is 6.92 Å². The number of hydrogen-bond donors (Lipinski definition) is 2. The van der Waals surface area contributed by atoms with E-state index < -0.39 is 0 Å². The summed E-state index contributed by atoms with van der Waals surface area (Å²) >= 11 is 0. The monoisotopic (exact) mass is 326 g/mol. The van der Waals surface area contributed by atoms with Crippen molar-refractivity contribution in [3.63, 3.8) is 0 Å². The lowest BCUT2D eigenvalue weighted by Gasteiger charge is -2.32. The van der Waals surface area contributed by atoms with E-state index in [1.54, 1.807) is 0 Å². The Morgan fingerprint density at radius 3 is 2.14 bits per heavy atom. The van der Waals surface area contributed by atoms with E-state index in [2.05, 4.69) is 57.3 Å². The van der Waals surface area contributed by atoms with Gasteiger partial charge in [0.15, 0.2) is 0 Å². The lowest BCUT2D eigenvalue weighted by molar-refractivity contribution is -0.123. The summed E-state index contributed by atoms with van der Waals surface area (Å²) in [6, 6.07) is 8.48.